The summed E-state index contributed by atoms with van der Waals surface area (Å²) in [6.45, 7) is 6.44. The first kappa shape index (κ1) is 17.4. The van der Waals surface area contributed by atoms with E-state index in [1.807, 2.05) is 38.1 Å². The largest absolute Gasteiger partial charge is 0.494 e. The number of thioether (sulfide) groups is 1. The maximum Gasteiger partial charge on any atom is 0.317 e. The summed E-state index contributed by atoms with van der Waals surface area (Å²) in [5, 5.41) is 2.61. The van der Waals surface area contributed by atoms with Crippen LogP contribution >= 0.6 is 11.8 Å². The van der Waals surface area contributed by atoms with Gasteiger partial charge in [-0.2, -0.15) is 0 Å². The molecule has 0 fully saturated rings. The molecule has 0 saturated carbocycles. The molecule has 6 heteroatoms. The number of amides is 1. The maximum atomic E-state index is 11.7. The van der Waals surface area contributed by atoms with Gasteiger partial charge in [0.05, 0.1) is 12.4 Å². The third kappa shape index (κ3) is 6.53. The zero-order chi connectivity index (χ0) is 15.7. The van der Waals surface area contributed by atoms with E-state index in [9.17, 15) is 9.59 Å². The molecule has 0 aliphatic rings. The molecule has 0 aliphatic heterocycles. The summed E-state index contributed by atoms with van der Waals surface area (Å²) in [7, 11) is 0. The summed E-state index contributed by atoms with van der Waals surface area (Å²) in [4.78, 5) is 24.0. The lowest BCUT2D eigenvalue weighted by Gasteiger charge is -2.12. The van der Waals surface area contributed by atoms with Crippen molar-refractivity contribution in [1.29, 1.82) is 0 Å². The zero-order valence-electron chi connectivity index (χ0n) is 12.5. The average Bonchev–Trinajstić information content (AvgIpc) is 2.47. The van der Waals surface area contributed by atoms with Gasteiger partial charge < -0.3 is 14.8 Å². The van der Waals surface area contributed by atoms with Crippen molar-refractivity contribution in [1.82, 2.24) is 5.32 Å². The van der Waals surface area contributed by atoms with Crippen molar-refractivity contribution in [3.8, 4) is 5.75 Å². The molecule has 1 aromatic carbocycles. The van der Waals surface area contributed by atoms with E-state index in [-0.39, 0.29) is 11.7 Å². The lowest BCUT2D eigenvalue weighted by Crippen LogP contribution is -2.35. The normalized spacial score (nSPS) is 11.6. The number of likely N-dealkylation sites (N-methyl/N-ethyl adjacent to an activating group) is 1. The minimum atomic E-state index is -0.765. The van der Waals surface area contributed by atoms with Gasteiger partial charge in [0.15, 0.2) is 6.10 Å². The van der Waals surface area contributed by atoms with Crippen molar-refractivity contribution in [3.63, 3.8) is 0 Å². The molecule has 0 heterocycles. The fourth-order valence-corrected chi connectivity index (χ4v) is 2.22. The van der Waals surface area contributed by atoms with Crippen molar-refractivity contribution in [3.05, 3.63) is 24.3 Å². The van der Waals surface area contributed by atoms with Gasteiger partial charge in [0.25, 0.3) is 5.91 Å². The van der Waals surface area contributed by atoms with Crippen LogP contribution < -0.4 is 10.1 Å². The highest BCUT2D eigenvalue weighted by Crippen LogP contribution is 2.21. The number of nitrogens with one attached hydrogen (secondary N) is 1. The second kappa shape index (κ2) is 9.28. The van der Waals surface area contributed by atoms with Gasteiger partial charge in [-0.05, 0) is 45.0 Å². The van der Waals surface area contributed by atoms with Crippen molar-refractivity contribution in [2.45, 2.75) is 31.8 Å². The lowest BCUT2D eigenvalue weighted by atomic mass is 10.3. The Morgan fingerprint density at radius 1 is 1.24 bits per heavy atom. The van der Waals surface area contributed by atoms with Crippen LogP contribution in [0.25, 0.3) is 0 Å². The van der Waals surface area contributed by atoms with Gasteiger partial charge in [-0.25, -0.2) is 0 Å². The van der Waals surface area contributed by atoms with Gasteiger partial charge >= 0.3 is 5.97 Å². The fraction of sp³-hybridized carbons (Fsp3) is 0.467. The van der Waals surface area contributed by atoms with E-state index < -0.39 is 12.1 Å². The molecule has 0 unspecified atom stereocenters. The number of esters is 1. The molecule has 0 aliphatic carbocycles. The van der Waals surface area contributed by atoms with E-state index in [0.717, 1.165) is 10.6 Å². The van der Waals surface area contributed by atoms with Gasteiger partial charge in [0.1, 0.15) is 5.75 Å². The molecule has 21 heavy (non-hydrogen) atoms. The first-order chi connectivity index (χ1) is 10.1. The number of hydrogen-bond acceptors (Lipinski definition) is 5. The number of ether oxygens (including phenoxy) is 2. The van der Waals surface area contributed by atoms with Gasteiger partial charge in [0, 0.05) is 11.4 Å². The molecule has 5 nitrogen and oxygen atoms in total. The first-order valence-electron chi connectivity index (χ1n) is 6.89. The minimum absolute atomic E-state index is 0.164. The zero-order valence-corrected chi connectivity index (χ0v) is 13.4. The Kier molecular flexibility index (Phi) is 7.68. The number of hydrogen-bond donors (Lipinski definition) is 1. The van der Waals surface area contributed by atoms with Crippen LogP contribution in [0.15, 0.2) is 29.2 Å². The molecular formula is C15H21NO4S. The number of carbonyl (C=O) groups is 2. The minimum Gasteiger partial charge on any atom is -0.494 e. The lowest BCUT2D eigenvalue weighted by molar-refractivity contribution is -0.152. The molecule has 1 amide bonds. The first-order valence-corrected chi connectivity index (χ1v) is 7.88. The smallest absolute Gasteiger partial charge is 0.317 e. The van der Waals surface area contributed by atoms with Crippen LogP contribution in [0.3, 0.4) is 0 Å². The highest BCUT2D eigenvalue weighted by Gasteiger charge is 2.16. The van der Waals surface area contributed by atoms with Crippen LogP contribution in [0.1, 0.15) is 20.8 Å². The van der Waals surface area contributed by atoms with Crippen LogP contribution in [-0.4, -0.2) is 36.9 Å². The predicted molar refractivity (Wildman–Crippen MR) is 82.6 cm³/mol. The number of carbonyl (C=O) groups excluding carboxylic acids is 2. The maximum absolute atomic E-state index is 11.7. The molecule has 0 saturated heterocycles. The molecule has 1 N–H and O–H groups in total. The summed E-state index contributed by atoms with van der Waals surface area (Å²) in [5.74, 6) is 0.274. The van der Waals surface area contributed by atoms with Crippen LogP contribution in [0.4, 0.5) is 0 Å². The van der Waals surface area contributed by atoms with Crippen molar-refractivity contribution < 1.29 is 19.1 Å². The Balaban J connectivity index is 2.37. The third-order valence-electron chi connectivity index (χ3n) is 2.52. The Hall–Kier alpha value is -1.69. The van der Waals surface area contributed by atoms with E-state index in [2.05, 4.69) is 5.32 Å². The Morgan fingerprint density at radius 3 is 2.48 bits per heavy atom. The molecular weight excluding hydrogens is 290 g/mol. The molecule has 0 bridgehead atoms. The van der Waals surface area contributed by atoms with Crippen LogP contribution in [0.5, 0.6) is 5.75 Å². The Labute approximate surface area is 129 Å². The SMILES string of the molecule is CCNC(=O)[C@H](C)OC(=O)CSc1ccc(OCC)cc1. The average molecular weight is 311 g/mol. The molecule has 0 radical (unpaired) electrons. The Bertz CT molecular complexity index is 461. The highest BCUT2D eigenvalue weighted by atomic mass is 32.2. The summed E-state index contributed by atoms with van der Waals surface area (Å²) < 4.78 is 10.4. The molecule has 1 aromatic rings. The quantitative estimate of drug-likeness (QED) is 0.589. The summed E-state index contributed by atoms with van der Waals surface area (Å²) >= 11 is 1.36. The van der Waals surface area contributed by atoms with Crippen molar-refractivity contribution in [2.24, 2.45) is 0 Å². The summed E-state index contributed by atoms with van der Waals surface area (Å²) in [5.41, 5.74) is 0. The highest BCUT2D eigenvalue weighted by molar-refractivity contribution is 8.00. The molecule has 0 spiro atoms. The predicted octanol–water partition coefficient (Wildman–Crippen LogP) is 2.25. The summed E-state index contributed by atoms with van der Waals surface area (Å²) in [6.07, 6.45) is -0.765. The van der Waals surface area contributed by atoms with Crippen LogP contribution in [-0.2, 0) is 14.3 Å². The van der Waals surface area contributed by atoms with E-state index in [0.29, 0.717) is 13.2 Å². The van der Waals surface area contributed by atoms with Gasteiger partial charge in [-0.15, -0.1) is 11.8 Å². The van der Waals surface area contributed by atoms with E-state index in [4.69, 9.17) is 9.47 Å². The molecule has 1 atom stereocenters. The van der Waals surface area contributed by atoms with E-state index in [1.54, 1.807) is 6.92 Å². The second-order valence-electron chi connectivity index (χ2n) is 4.22. The molecule has 116 valence electrons. The Morgan fingerprint density at radius 2 is 1.90 bits per heavy atom. The standard InChI is InChI=1S/C15H21NO4S/c1-4-16-15(18)11(3)20-14(17)10-21-13-8-6-12(7-9-13)19-5-2/h6-9,11H,4-5,10H2,1-3H3,(H,16,18)/t11-/m0/s1. The van der Waals surface area contributed by atoms with Gasteiger partial charge in [0.2, 0.25) is 0 Å². The van der Waals surface area contributed by atoms with Crippen LogP contribution in [0.2, 0.25) is 0 Å². The third-order valence-corrected chi connectivity index (χ3v) is 3.51. The van der Waals surface area contributed by atoms with Gasteiger partial charge in [-0.3, -0.25) is 9.59 Å². The molecule has 1 rings (SSSR count). The number of rotatable bonds is 8. The second-order valence-corrected chi connectivity index (χ2v) is 5.27. The van der Waals surface area contributed by atoms with Crippen LogP contribution in [0, 0.1) is 0 Å². The van der Waals surface area contributed by atoms with Crippen molar-refractivity contribution >= 4 is 23.6 Å². The molecule has 0 aromatic heterocycles. The van der Waals surface area contributed by atoms with Crippen molar-refractivity contribution in [2.75, 3.05) is 18.9 Å². The monoisotopic (exact) mass is 311 g/mol. The topological polar surface area (TPSA) is 64.6 Å². The van der Waals surface area contributed by atoms with Gasteiger partial charge in [-0.1, -0.05) is 0 Å². The van der Waals surface area contributed by atoms with E-state index >= 15 is 0 Å². The fourth-order valence-electron chi connectivity index (χ4n) is 1.54. The summed E-state index contributed by atoms with van der Waals surface area (Å²) in [6, 6.07) is 7.48. The van der Waals surface area contributed by atoms with E-state index in [1.165, 1.54) is 11.8 Å². The number of benzene rings is 1.